The molecule has 6 nitrogen and oxygen atoms in total. The number of ether oxygens (including phenoxy) is 1. The predicted octanol–water partition coefficient (Wildman–Crippen LogP) is 2.30. The van der Waals surface area contributed by atoms with E-state index in [4.69, 9.17) is 9.26 Å². The lowest BCUT2D eigenvalue weighted by molar-refractivity contribution is 0.0504. The van der Waals surface area contributed by atoms with Gasteiger partial charge in [0.15, 0.2) is 11.5 Å². The molecule has 0 aliphatic carbocycles. The van der Waals surface area contributed by atoms with Crippen LogP contribution in [-0.2, 0) is 0 Å². The lowest BCUT2D eigenvalue weighted by Crippen LogP contribution is -2.60. The van der Waals surface area contributed by atoms with Crippen molar-refractivity contribution in [2.75, 3.05) is 18.8 Å². The number of halogens is 1. The monoisotopic (exact) mass is 349 g/mol. The van der Waals surface area contributed by atoms with E-state index in [0.29, 0.717) is 24.5 Å². The number of likely N-dealkylation sites (tertiary alicyclic amines) is 1. The summed E-state index contributed by atoms with van der Waals surface area (Å²) in [7, 11) is 0. The van der Waals surface area contributed by atoms with E-state index in [9.17, 15) is 9.18 Å². The fraction of sp³-hybridized carbons (Fsp3) is 0.438. The van der Waals surface area contributed by atoms with Gasteiger partial charge in [-0.25, -0.2) is 9.37 Å². The summed E-state index contributed by atoms with van der Waals surface area (Å²) in [6, 6.07) is 4.52. The number of pyridine rings is 1. The van der Waals surface area contributed by atoms with E-state index in [-0.39, 0.29) is 22.6 Å². The van der Waals surface area contributed by atoms with Gasteiger partial charge in [-0.1, -0.05) is 5.16 Å². The summed E-state index contributed by atoms with van der Waals surface area (Å²) in [4.78, 5) is 18.0. The summed E-state index contributed by atoms with van der Waals surface area (Å²) < 4.78 is 24.3. The van der Waals surface area contributed by atoms with Crippen LogP contribution in [0.4, 0.5) is 4.39 Å². The molecule has 1 atom stereocenters. The van der Waals surface area contributed by atoms with Crippen LogP contribution in [-0.4, -0.2) is 50.6 Å². The Bertz CT molecular complexity index is 775. The van der Waals surface area contributed by atoms with Gasteiger partial charge in [-0.15, -0.1) is 11.8 Å². The highest BCUT2D eigenvalue weighted by atomic mass is 32.2. The van der Waals surface area contributed by atoms with Crippen LogP contribution in [0.1, 0.15) is 22.7 Å². The smallest absolute Gasteiger partial charge is 0.276 e. The largest absolute Gasteiger partial charge is 0.471 e. The van der Waals surface area contributed by atoms with Crippen molar-refractivity contribution in [3.63, 3.8) is 0 Å². The highest BCUT2D eigenvalue weighted by molar-refractivity contribution is 8.01. The second-order valence-corrected chi connectivity index (χ2v) is 7.70. The maximum absolute atomic E-state index is 13.6. The Morgan fingerprint density at radius 3 is 3.08 bits per heavy atom. The second-order valence-electron chi connectivity index (χ2n) is 6.21. The molecule has 24 heavy (non-hydrogen) atoms. The molecule has 4 heterocycles. The van der Waals surface area contributed by atoms with Crippen molar-refractivity contribution in [1.29, 1.82) is 0 Å². The Kier molecular flexibility index (Phi) is 3.71. The Morgan fingerprint density at radius 1 is 1.54 bits per heavy atom. The van der Waals surface area contributed by atoms with Gasteiger partial charge in [-0.3, -0.25) is 4.79 Å². The summed E-state index contributed by atoms with van der Waals surface area (Å²) in [6.07, 6.45) is 2.20. The summed E-state index contributed by atoms with van der Waals surface area (Å²) in [6.45, 7) is 3.05. The van der Waals surface area contributed by atoms with Crippen molar-refractivity contribution >= 4 is 17.7 Å². The average molecular weight is 349 g/mol. The fourth-order valence-electron chi connectivity index (χ4n) is 3.14. The normalized spacial score (nSPS) is 21.8. The summed E-state index contributed by atoms with van der Waals surface area (Å²) in [5, 5.41) is 3.77. The molecule has 4 rings (SSSR count). The van der Waals surface area contributed by atoms with Crippen molar-refractivity contribution in [1.82, 2.24) is 15.0 Å². The number of rotatable bonds is 3. The SMILES string of the molecule is Cc1cc(C(=O)N2CC3(CC(Oc4ncccc4F)CS3)C2)no1. The summed E-state index contributed by atoms with van der Waals surface area (Å²) in [5.41, 5.74) is 0.341. The first-order valence-electron chi connectivity index (χ1n) is 7.68. The molecule has 0 saturated carbocycles. The van der Waals surface area contributed by atoms with Crippen molar-refractivity contribution in [2.24, 2.45) is 0 Å². The molecule has 0 bridgehead atoms. The maximum atomic E-state index is 13.6. The predicted molar refractivity (Wildman–Crippen MR) is 85.6 cm³/mol. The van der Waals surface area contributed by atoms with E-state index < -0.39 is 5.82 Å². The van der Waals surface area contributed by atoms with Crippen molar-refractivity contribution in [2.45, 2.75) is 24.2 Å². The van der Waals surface area contributed by atoms with E-state index in [1.54, 1.807) is 29.7 Å². The third kappa shape index (κ3) is 2.75. The Labute approximate surface area is 142 Å². The summed E-state index contributed by atoms with van der Waals surface area (Å²) >= 11 is 1.77. The van der Waals surface area contributed by atoms with Crippen LogP contribution in [0.25, 0.3) is 0 Å². The molecule has 2 aromatic heterocycles. The zero-order valence-electron chi connectivity index (χ0n) is 13.1. The van der Waals surface area contributed by atoms with Crippen LogP contribution in [0.3, 0.4) is 0 Å². The highest BCUT2D eigenvalue weighted by Crippen LogP contribution is 2.46. The van der Waals surface area contributed by atoms with Gasteiger partial charge in [-0.05, 0) is 19.1 Å². The number of aryl methyl sites for hydroxylation is 1. The number of aromatic nitrogens is 2. The molecular weight excluding hydrogens is 333 g/mol. The molecule has 2 aliphatic rings. The molecule has 126 valence electrons. The summed E-state index contributed by atoms with van der Waals surface area (Å²) in [5.74, 6) is 0.870. The molecule has 0 radical (unpaired) electrons. The van der Waals surface area contributed by atoms with Gasteiger partial charge in [-0.2, -0.15) is 0 Å². The number of nitrogens with zero attached hydrogens (tertiary/aromatic N) is 3. The molecule has 1 amide bonds. The van der Waals surface area contributed by atoms with Crippen LogP contribution in [0.2, 0.25) is 0 Å². The van der Waals surface area contributed by atoms with Crippen molar-refractivity contribution < 1.29 is 18.4 Å². The molecule has 1 spiro atoms. The van der Waals surface area contributed by atoms with Gasteiger partial charge in [0, 0.05) is 37.5 Å². The zero-order valence-corrected chi connectivity index (χ0v) is 13.9. The number of carbonyl (C=O) groups is 1. The minimum Gasteiger partial charge on any atom is -0.471 e. The van der Waals surface area contributed by atoms with Crippen LogP contribution < -0.4 is 4.74 Å². The van der Waals surface area contributed by atoms with Crippen molar-refractivity contribution in [3.05, 3.63) is 41.7 Å². The van der Waals surface area contributed by atoms with E-state index in [2.05, 4.69) is 10.1 Å². The van der Waals surface area contributed by atoms with Gasteiger partial charge in [0.1, 0.15) is 11.9 Å². The third-order valence-corrected chi connectivity index (χ3v) is 5.85. The molecule has 0 aromatic carbocycles. The van der Waals surface area contributed by atoms with Crippen molar-refractivity contribution in [3.8, 4) is 5.88 Å². The number of carbonyl (C=O) groups excluding carboxylic acids is 1. The van der Waals surface area contributed by atoms with Gasteiger partial charge in [0.05, 0.1) is 4.75 Å². The fourth-order valence-corrected chi connectivity index (χ4v) is 4.66. The molecular formula is C16H16FN3O3S. The van der Waals surface area contributed by atoms with Crippen LogP contribution in [0, 0.1) is 12.7 Å². The first kappa shape index (κ1) is 15.4. The zero-order chi connectivity index (χ0) is 16.7. The number of thioether (sulfide) groups is 1. The third-order valence-electron chi connectivity index (χ3n) is 4.27. The van der Waals surface area contributed by atoms with E-state index in [1.165, 1.54) is 18.3 Å². The lowest BCUT2D eigenvalue weighted by atomic mass is 9.92. The Hall–Kier alpha value is -2.09. The standard InChI is InChI=1S/C16H16FN3O3S/c1-10-5-13(19-23-10)15(21)20-8-16(9-20)6-11(7-24-16)22-14-12(17)3-2-4-18-14/h2-5,11H,6-9H2,1H3. The van der Waals surface area contributed by atoms with Gasteiger partial charge in [0.2, 0.25) is 0 Å². The molecule has 2 aromatic rings. The molecule has 0 N–H and O–H groups in total. The Morgan fingerprint density at radius 2 is 2.38 bits per heavy atom. The molecule has 1 unspecified atom stereocenters. The minimum atomic E-state index is -0.449. The van der Waals surface area contributed by atoms with Crippen LogP contribution in [0.15, 0.2) is 28.9 Å². The van der Waals surface area contributed by atoms with E-state index in [0.717, 1.165) is 12.2 Å². The molecule has 2 saturated heterocycles. The lowest BCUT2D eigenvalue weighted by Gasteiger charge is -2.47. The average Bonchev–Trinajstić information content (AvgIpc) is 3.14. The van der Waals surface area contributed by atoms with Crippen LogP contribution >= 0.6 is 11.8 Å². The topological polar surface area (TPSA) is 68.5 Å². The van der Waals surface area contributed by atoms with E-state index in [1.807, 2.05) is 0 Å². The Balaban J connectivity index is 1.35. The molecule has 2 fully saturated rings. The minimum absolute atomic E-state index is 0.00956. The number of hydrogen-bond acceptors (Lipinski definition) is 6. The maximum Gasteiger partial charge on any atom is 0.276 e. The molecule has 2 aliphatic heterocycles. The van der Waals surface area contributed by atoms with Gasteiger partial charge in [0.25, 0.3) is 11.8 Å². The van der Waals surface area contributed by atoms with Crippen LogP contribution in [0.5, 0.6) is 5.88 Å². The number of hydrogen-bond donors (Lipinski definition) is 0. The highest BCUT2D eigenvalue weighted by Gasteiger charge is 2.51. The second kappa shape index (κ2) is 5.77. The number of amides is 1. The quantitative estimate of drug-likeness (QED) is 0.847. The van der Waals surface area contributed by atoms with E-state index >= 15 is 0 Å². The van der Waals surface area contributed by atoms with Gasteiger partial charge < -0.3 is 14.2 Å². The molecule has 8 heteroatoms. The first-order valence-corrected chi connectivity index (χ1v) is 8.67. The first-order chi connectivity index (χ1) is 11.5. The van der Waals surface area contributed by atoms with Gasteiger partial charge >= 0.3 is 0 Å².